The van der Waals surface area contributed by atoms with E-state index in [1.165, 1.54) is 27.4 Å². The molecule has 40 heavy (non-hydrogen) atoms. The number of rotatable bonds is 11. The van der Waals surface area contributed by atoms with Crippen LogP contribution in [0.3, 0.4) is 0 Å². The fourth-order valence-corrected chi connectivity index (χ4v) is 4.54. The normalized spacial score (nSPS) is 12.9. The molecule has 0 saturated heterocycles. The van der Waals surface area contributed by atoms with Crippen LogP contribution in [0.1, 0.15) is 46.8 Å². The van der Waals surface area contributed by atoms with E-state index in [2.05, 4.69) is 5.32 Å². The molecular formula is C27H27Cl3FNO8. The van der Waals surface area contributed by atoms with Crippen molar-refractivity contribution in [3.63, 3.8) is 0 Å². The van der Waals surface area contributed by atoms with Crippen molar-refractivity contribution in [3.05, 3.63) is 51.1 Å². The Balaban J connectivity index is 1.82. The van der Waals surface area contributed by atoms with E-state index in [1.54, 1.807) is 26.0 Å². The van der Waals surface area contributed by atoms with Gasteiger partial charge in [-0.15, -0.1) is 0 Å². The summed E-state index contributed by atoms with van der Waals surface area (Å²) in [5.41, 5.74) is 2.33. The third kappa shape index (κ3) is 6.74. The average molecular weight is 619 g/mol. The maximum Gasteiger partial charge on any atom is 0.341 e. The zero-order chi connectivity index (χ0) is 29.8. The molecule has 3 rings (SSSR count). The number of fused-ring (bicyclic) bond motifs is 1. The SMILES string of the molecule is COc1ccc(OC(=O)CCC(C)=CCc2c(NC(=O)C(F)(Cl)Cl)c3c(c(C)c2OC)COC3=O)c(Cl)c1OC. The van der Waals surface area contributed by atoms with Gasteiger partial charge in [-0.3, -0.25) is 9.59 Å². The van der Waals surface area contributed by atoms with Crippen LogP contribution in [0.4, 0.5) is 10.1 Å². The van der Waals surface area contributed by atoms with Gasteiger partial charge in [0.2, 0.25) is 0 Å². The van der Waals surface area contributed by atoms with Crippen molar-refractivity contribution in [2.24, 2.45) is 0 Å². The summed E-state index contributed by atoms with van der Waals surface area (Å²) < 4.78 is 37.2. The van der Waals surface area contributed by atoms with Gasteiger partial charge in [-0.2, -0.15) is 4.39 Å². The molecule has 2 aromatic rings. The topological polar surface area (TPSA) is 109 Å². The van der Waals surface area contributed by atoms with Gasteiger partial charge >= 0.3 is 16.5 Å². The number of cyclic esters (lactones) is 1. The number of benzene rings is 2. The smallest absolute Gasteiger partial charge is 0.341 e. The molecule has 216 valence electrons. The van der Waals surface area contributed by atoms with Gasteiger partial charge in [-0.25, -0.2) is 4.79 Å². The molecule has 0 fully saturated rings. The minimum Gasteiger partial charge on any atom is -0.496 e. The van der Waals surface area contributed by atoms with E-state index in [-0.39, 0.29) is 47.2 Å². The van der Waals surface area contributed by atoms with Crippen LogP contribution in [0.2, 0.25) is 5.02 Å². The molecule has 0 atom stereocenters. The van der Waals surface area contributed by atoms with Crippen molar-refractivity contribution >= 4 is 58.3 Å². The van der Waals surface area contributed by atoms with Gasteiger partial charge in [0.1, 0.15) is 17.4 Å². The van der Waals surface area contributed by atoms with E-state index < -0.39 is 22.4 Å². The second-order valence-electron chi connectivity index (χ2n) is 8.74. The average Bonchev–Trinajstić information content (AvgIpc) is 3.29. The Hall–Kier alpha value is -3.21. The van der Waals surface area contributed by atoms with Crippen molar-refractivity contribution in [1.29, 1.82) is 0 Å². The predicted octanol–water partition coefficient (Wildman–Crippen LogP) is 6.26. The van der Waals surface area contributed by atoms with Gasteiger partial charge in [0.25, 0.3) is 5.91 Å². The number of hydrogen-bond acceptors (Lipinski definition) is 8. The van der Waals surface area contributed by atoms with Crippen LogP contribution < -0.4 is 24.3 Å². The standard InChI is InChI=1S/C27H27Cl3FNO8/c1-13(7-11-19(33)40-17-9-10-18(36-3)24(38-5)21(17)28)6-8-15-22(32-26(35)27(29,30)31)20-16(12-39-25(20)34)14(2)23(15)37-4/h6,9-10H,7-8,11-12H2,1-5H3,(H,32,35). The molecule has 1 heterocycles. The highest BCUT2D eigenvalue weighted by molar-refractivity contribution is 6.57. The second kappa shape index (κ2) is 13.0. The van der Waals surface area contributed by atoms with Crippen LogP contribution in [0.5, 0.6) is 23.0 Å². The summed E-state index contributed by atoms with van der Waals surface area (Å²) in [5.74, 6) is -1.48. The van der Waals surface area contributed by atoms with Crippen molar-refractivity contribution in [1.82, 2.24) is 0 Å². The van der Waals surface area contributed by atoms with E-state index in [9.17, 15) is 18.8 Å². The number of carbonyl (C=O) groups excluding carboxylic acids is 3. The molecule has 0 radical (unpaired) electrons. The number of esters is 2. The summed E-state index contributed by atoms with van der Waals surface area (Å²) in [5, 5.41) is 2.41. The van der Waals surface area contributed by atoms with E-state index in [0.29, 0.717) is 34.6 Å². The molecule has 1 aliphatic rings. The van der Waals surface area contributed by atoms with Crippen LogP contribution in [-0.2, 0) is 27.4 Å². The van der Waals surface area contributed by atoms with Crippen LogP contribution in [0.25, 0.3) is 0 Å². The van der Waals surface area contributed by atoms with E-state index in [1.807, 2.05) is 0 Å². The van der Waals surface area contributed by atoms with Gasteiger partial charge in [0.15, 0.2) is 17.2 Å². The van der Waals surface area contributed by atoms with Crippen molar-refractivity contribution in [2.75, 3.05) is 26.6 Å². The minimum absolute atomic E-state index is 0.0140. The van der Waals surface area contributed by atoms with Crippen molar-refractivity contribution < 1.29 is 42.5 Å². The molecule has 1 aliphatic heterocycles. The number of carbonyl (C=O) groups is 3. The number of anilines is 1. The van der Waals surface area contributed by atoms with Crippen LogP contribution in [-0.4, -0.2) is 43.8 Å². The molecule has 9 nitrogen and oxygen atoms in total. The number of allylic oxidation sites excluding steroid dienone is 2. The van der Waals surface area contributed by atoms with Crippen molar-refractivity contribution in [3.8, 4) is 23.0 Å². The maximum absolute atomic E-state index is 14.0. The van der Waals surface area contributed by atoms with Crippen molar-refractivity contribution in [2.45, 2.75) is 44.3 Å². The first-order valence-electron chi connectivity index (χ1n) is 11.9. The summed E-state index contributed by atoms with van der Waals surface area (Å²) in [6.07, 6.45) is 2.26. The summed E-state index contributed by atoms with van der Waals surface area (Å²) in [7, 11) is 4.30. The molecule has 0 bridgehead atoms. The Morgan fingerprint density at radius 3 is 2.35 bits per heavy atom. The number of ether oxygens (including phenoxy) is 5. The number of methoxy groups -OCH3 is 3. The number of amides is 1. The van der Waals surface area contributed by atoms with E-state index >= 15 is 0 Å². The molecule has 2 aromatic carbocycles. The lowest BCUT2D eigenvalue weighted by atomic mass is 9.93. The number of alkyl halides is 3. The fourth-order valence-electron chi connectivity index (χ4n) is 4.18. The second-order valence-corrected chi connectivity index (χ2v) is 10.3. The molecular weight excluding hydrogens is 592 g/mol. The molecule has 1 N–H and O–H groups in total. The maximum atomic E-state index is 14.0. The molecule has 1 amide bonds. The third-order valence-corrected chi connectivity index (χ3v) is 6.93. The Morgan fingerprint density at radius 1 is 1.10 bits per heavy atom. The van der Waals surface area contributed by atoms with Gasteiger partial charge < -0.3 is 29.0 Å². The van der Waals surface area contributed by atoms with Gasteiger partial charge in [0, 0.05) is 17.5 Å². The summed E-state index contributed by atoms with van der Waals surface area (Å²) in [6, 6.07) is 3.07. The molecule has 0 saturated carbocycles. The zero-order valence-electron chi connectivity index (χ0n) is 22.3. The molecule has 0 aromatic heterocycles. The van der Waals surface area contributed by atoms with Gasteiger partial charge in [0.05, 0.1) is 32.6 Å². The monoisotopic (exact) mass is 617 g/mol. The predicted molar refractivity (Wildman–Crippen MR) is 148 cm³/mol. The lowest BCUT2D eigenvalue weighted by Gasteiger charge is -2.20. The fraction of sp³-hybridized carbons (Fsp3) is 0.370. The molecule has 0 unspecified atom stereocenters. The first kappa shape index (κ1) is 31.3. The first-order chi connectivity index (χ1) is 18.8. The highest BCUT2D eigenvalue weighted by Crippen LogP contribution is 2.43. The Bertz CT molecular complexity index is 1370. The zero-order valence-corrected chi connectivity index (χ0v) is 24.6. The number of hydrogen-bond donors (Lipinski definition) is 1. The highest BCUT2D eigenvalue weighted by Gasteiger charge is 2.38. The van der Waals surface area contributed by atoms with Crippen LogP contribution in [0, 0.1) is 6.92 Å². The van der Waals surface area contributed by atoms with E-state index in [4.69, 9.17) is 58.5 Å². The quantitative estimate of drug-likeness (QED) is 0.136. The third-order valence-electron chi connectivity index (χ3n) is 6.22. The molecule has 0 spiro atoms. The van der Waals surface area contributed by atoms with Gasteiger partial charge in [-0.05, 0) is 44.4 Å². The summed E-state index contributed by atoms with van der Waals surface area (Å²) >= 11 is 17.0. The Kier molecular flexibility index (Phi) is 10.2. The number of nitrogens with one attached hydrogen (secondary N) is 1. The van der Waals surface area contributed by atoms with E-state index in [0.717, 1.165) is 5.57 Å². The largest absolute Gasteiger partial charge is 0.496 e. The van der Waals surface area contributed by atoms with Crippen LogP contribution in [0.15, 0.2) is 23.8 Å². The van der Waals surface area contributed by atoms with Gasteiger partial charge in [-0.1, -0.05) is 46.5 Å². The number of halogens is 4. The first-order valence-corrected chi connectivity index (χ1v) is 13.0. The lowest BCUT2D eigenvalue weighted by Crippen LogP contribution is -2.29. The molecule has 0 aliphatic carbocycles. The van der Waals surface area contributed by atoms with Crippen LogP contribution >= 0.6 is 34.8 Å². The highest BCUT2D eigenvalue weighted by atomic mass is 35.5. The Morgan fingerprint density at radius 2 is 1.75 bits per heavy atom. The lowest BCUT2D eigenvalue weighted by molar-refractivity contribution is -0.134. The Labute approximate surface area is 245 Å². The summed E-state index contributed by atoms with van der Waals surface area (Å²) in [4.78, 5) is 37.3. The minimum atomic E-state index is -3.24. The molecule has 13 heteroatoms. The summed E-state index contributed by atoms with van der Waals surface area (Å²) in [6.45, 7) is 3.49.